The van der Waals surface area contributed by atoms with Gasteiger partial charge in [0.2, 0.25) is 0 Å². The average molecular weight is 564 g/mol. The zero-order valence-corrected chi connectivity index (χ0v) is 23.7. The second kappa shape index (κ2) is 10.8. The molecule has 2 saturated heterocycles. The summed E-state index contributed by atoms with van der Waals surface area (Å²) in [7, 11) is 1.60. The summed E-state index contributed by atoms with van der Waals surface area (Å²) < 4.78 is 23.7. The van der Waals surface area contributed by atoms with Crippen LogP contribution in [0.2, 0.25) is 0 Å². The molecule has 3 fully saturated rings. The molecule has 7 rings (SSSR count). The predicted molar refractivity (Wildman–Crippen MR) is 157 cm³/mol. The molecule has 1 spiro atoms. The number of fused-ring (bicyclic) bond motifs is 1. The van der Waals surface area contributed by atoms with Crippen LogP contribution in [0.25, 0.3) is 33.6 Å². The summed E-state index contributed by atoms with van der Waals surface area (Å²) in [6.07, 6.45) is 8.23. The molecule has 1 aliphatic carbocycles. The number of nitrogens with zero attached hydrogens (tertiary/aromatic N) is 3. The first-order valence-corrected chi connectivity index (χ1v) is 14.7. The minimum atomic E-state index is 0.0448. The van der Waals surface area contributed by atoms with Crippen LogP contribution in [0.1, 0.15) is 54.4 Å². The van der Waals surface area contributed by atoms with Crippen molar-refractivity contribution in [3.8, 4) is 40.0 Å². The van der Waals surface area contributed by atoms with Gasteiger partial charge in [-0.3, -0.25) is 9.78 Å². The minimum absolute atomic E-state index is 0.0448. The molecular weight excluding hydrogens is 530 g/mol. The highest BCUT2D eigenvalue weighted by atomic mass is 16.5. The molecule has 4 aromatic rings. The number of rotatable bonds is 6. The van der Waals surface area contributed by atoms with Crippen molar-refractivity contribution in [2.45, 2.75) is 44.6 Å². The number of carbonyl (C=O) groups is 1. The summed E-state index contributed by atoms with van der Waals surface area (Å²) in [5.41, 5.74) is 5.14. The van der Waals surface area contributed by atoms with Crippen molar-refractivity contribution in [1.29, 1.82) is 5.26 Å². The standard InChI is InChI=1S/C34H33N3O5/c1-39-30-18-23(33(38)37-14-12-34(21-37)10-2-11-34)3-5-27(30)31-19-28-32(42-31)26(7-13-36-28)22-4-6-29(24(17-22)20-35)41-25-8-15-40-16-9-25/h3-7,13,17-19,25H,2,8-12,14-16,21H2,1H3. The van der Waals surface area contributed by atoms with Crippen molar-refractivity contribution in [3.63, 3.8) is 0 Å². The van der Waals surface area contributed by atoms with E-state index in [1.807, 2.05) is 47.4 Å². The molecule has 0 bridgehead atoms. The molecule has 2 aromatic carbocycles. The Morgan fingerprint density at radius 3 is 2.64 bits per heavy atom. The Morgan fingerprint density at radius 2 is 1.90 bits per heavy atom. The molecular formula is C34H33N3O5. The van der Waals surface area contributed by atoms with Crippen molar-refractivity contribution < 1.29 is 23.4 Å². The molecule has 4 heterocycles. The third-order valence-electron chi connectivity index (χ3n) is 9.14. The Hall–Kier alpha value is -4.35. The summed E-state index contributed by atoms with van der Waals surface area (Å²) in [4.78, 5) is 19.8. The average Bonchev–Trinajstić information content (AvgIpc) is 3.67. The summed E-state index contributed by atoms with van der Waals surface area (Å²) in [6, 6.07) is 17.2. The number of carbonyl (C=O) groups excluding carboxylic acids is 1. The Balaban J connectivity index is 1.17. The molecule has 0 N–H and O–H groups in total. The number of furan rings is 1. The number of pyridine rings is 1. The van der Waals surface area contributed by atoms with Gasteiger partial charge in [-0.25, -0.2) is 0 Å². The van der Waals surface area contributed by atoms with Gasteiger partial charge in [-0.05, 0) is 66.6 Å². The Labute approximate surface area is 244 Å². The maximum absolute atomic E-state index is 13.3. The van der Waals surface area contributed by atoms with Gasteiger partial charge in [0.05, 0.1) is 31.5 Å². The number of nitriles is 1. The molecule has 3 aliphatic rings. The first-order chi connectivity index (χ1) is 20.6. The summed E-state index contributed by atoms with van der Waals surface area (Å²) >= 11 is 0. The van der Waals surface area contributed by atoms with E-state index < -0.39 is 0 Å². The number of amides is 1. The number of likely N-dealkylation sites (tertiary alicyclic amines) is 1. The van der Waals surface area contributed by atoms with E-state index in [1.54, 1.807) is 19.4 Å². The number of ether oxygens (including phenoxy) is 3. The van der Waals surface area contributed by atoms with Gasteiger partial charge in [-0.1, -0.05) is 12.5 Å². The normalized spacial score (nSPS) is 18.1. The van der Waals surface area contributed by atoms with Crippen LogP contribution in [0.15, 0.2) is 59.1 Å². The van der Waals surface area contributed by atoms with E-state index >= 15 is 0 Å². The third kappa shape index (κ3) is 4.78. The topological polar surface area (TPSA) is 97.8 Å². The zero-order chi connectivity index (χ0) is 28.7. The zero-order valence-electron chi connectivity index (χ0n) is 23.7. The van der Waals surface area contributed by atoms with Crippen LogP contribution in [0.3, 0.4) is 0 Å². The fraction of sp³-hybridized carbons (Fsp3) is 0.382. The maximum atomic E-state index is 13.3. The molecule has 42 heavy (non-hydrogen) atoms. The number of hydrogen-bond donors (Lipinski definition) is 0. The van der Waals surface area contributed by atoms with Gasteiger partial charge in [-0.2, -0.15) is 5.26 Å². The van der Waals surface area contributed by atoms with Crippen LogP contribution in [0.4, 0.5) is 0 Å². The Bertz CT molecular complexity index is 1690. The number of aromatic nitrogens is 1. The van der Waals surface area contributed by atoms with E-state index in [0.717, 1.165) is 49.0 Å². The second-order valence-corrected chi connectivity index (χ2v) is 11.7. The lowest BCUT2D eigenvalue weighted by atomic mass is 9.68. The third-order valence-corrected chi connectivity index (χ3v) is 9.14. The van der Waals surface area contributed by atoms with Crippen LogP contribution in [-0.4, -0.2) is 55.3 Å². The predicted octanol–water partition coefficient (Wildman–Crippen LogP) is 6.62. The Kier molecular flexibility index (Phi) is 6.83. The lowest BCUT2D eigenvalue weighted by molar-refractivity contribution is 0.0254. The molecule has 8 heteroatoms. The Morgan fingerprint density at radius 1 is 1.05 bits per heavy atom. The van der Waals surface area contributed by atoms with Crippen molar-refractivity contribution in [1.82, 2.24) is 9.88 Å². The highest BCUT2D eigenvalue weighted by Gasteiger charge is 2.44. The van der Waals surface area contributed by atoms with E-state index in [4.69, 9.17) is 18.6 Å². The van der Waals surface area contributed by atoms with E-state index in [9.17, 15) is 10.1 Å². The van der Waals surface area contributed by atoms with Gasteiger partial charge in [0.25, 0.3) is 5.91 Å². The fourth-order valence-corrected chi connectivity index (χ4v) is 6.56. The smallest absolute Gasteiger partial charge is 0.254 e. The summed E-state index contributed by atoms with van der Waals surface area (Å²) in [5.74, 6) is 1.79. The molecule has 2 aliphatic heterocycles. The number of hydrogen-bond acceptors (Lipinski definition) is 7. The van der Waals surface area contributed by atoms with Gasteiger partial charge < -0.3 is 23.5 Å². The fourth-order valence-electron chi connectivity index (χ4n) is 6.56. The van der Waals surface area contributed by atoms with Gasteiger partial charge in [-0.15, -0.1) is 0 Å². The molecule has 1 saturated carbocycles. The molecule has 2 aromatic heterocycles. The molecule has 8 nitrogen and oxygen atoms in total. The highest BCUT2D eigenvalue weighted by Crippen LogP contribution is 2.48. The molecule has 0 radical (unpaired) electrons. The van der Waals surface area contributed by atoms with Crippen LogP contribution in [0, 0.1) is 16.7 Å². The molecule has 0 unspecified atom stereocenters. The van der Waals surface area contributed by atoms with Crippen LogP contribution < -0.4 is 9.47 Å². The van der Waals surface area contributed by atoms with Crippen LogP contribution in [-0.2, 0) is 4.74 Å². The summed E-state index contributed by atoms with van der Waals surface area (Å²) in [6.45, 7) is 3.01. The molecule has 214 valence electrons. The lowest BCUT2D eigenvalue weighted by Crippen LogP contribution is -2.35. The van der Waals surface area contributed by atoms with E-state index in [0.29, 0.717) is 58.1 Å². The molecule has 1 amide bonds. The van der Waals surface area contributed by atoms with E-state index in [1.165, 1.54) is 19.3 Å². The molecule has 0 atom stereocenters. The van der Waals surface area contributed by atoms with Crippen molar-refractivity contribution in [2.24, 2.45) is 5.41 Å². The number of methoxy groups -OCH3 is 1. The van der Waals surface area contributed by atoms with Crippen molar-refractivity contribution >= 4 is 17.0 Å². The first-order valence-electron chi connectivity index (χ1n) is 14.7. The second-order valence-electron chi connectivity index (χ2n) is 11.7. The quantitative estimate of drug-likeness (QED) is 0.260. The maximum Gasteiger partial charge on any atom is 0.254 e. The van der Waals surface area contributed by atoms with Crippen molar-refractivity contribution in [3.05, 3.63) is 65.9 Å². The van der Waals surface area contributed by atoms with E-state index in [-0.39, 0.29) is 12.0 Å². The van der Waals surface area contributed by atoms with Gasteiger partial charge >= 0.3 is 0 Å². The largest absolute Gasteiger partial charge is 0.496 e. The van der Waals surface area contributed by atoms with Gasteiger partial charge in [0.15, 0.2) is 5.58 Å². The van der Waals surface area contributed by atoms with E-state index in [2.05, 4.69) is 11.1 Å². The number of benzene rings is 2. The minimum Gasteiger partial charge on any atom is -0.496 e. The highest BCUT2D eigenvalue weighted by molar-refractivity contribution is 5.97. The lowest BCUT2D eigenvalue weighted by Gasteiger charge is -2.37. The monoisotopic (exact) mass is 563 g/mol. The van der Waals surface area contributed by atoms with Crippen LogP contribution in [0.5, 0.6) is 11.5 Å². The SMILES string of the molecule is COc1cc(C(=O)N2CCC3(CCC3)C2)ccc1-c1cc2nccc(-c3ccc(OC4CCOCC4)c(C#N)c3)c2o1. The first kappa shape index (κ1) is 26.5. The van der Waals surface area contributed by atoms with Gasteiger partial charge in [0, 0.05) is 49.3 Å². The van der Waals surface area contributed by atoms with Crippen molar-refractivity contribution in [2.75, 3.05) is 33.4 Å². The van der Waals surface area contributed by atoms with Gasteiger partial charge in [0.1, 0.15) is 34.9 Å². The van der Waals surface area contributed by atoms with Crippen LogP contribution >= 0.6 is 0 Å². The summed E-state index contributed by atoms with van der Waals surface area (Å²) in [5, 5.41) is 9.88.